The van der Waals surface area contributed by atoms with Crippen LogP contribution in [-0.4, -0.2) is 5.78 Å². The van der Waals surface area contributed by atoms with Crippen molar-refractivity contribution in [2.75, 3.05) is 5.73 Å². The molecule has 0 saturated heterocycles. The van der Waals surface area contributed by atoms with Crippen molar-refractivity contribution in [3.63, 3.8) is 0 Å². The van der Waals surface area contributed by atoms with E-state index in [1.165, 1.54) is 0 Å². The van der Waals surface area contributed by atoms with Gasteiger partial charge in [-0.05, 0) is 29.8 Å². The molecule has 0 aliphatic heterocycles. The first-order valence-corrected chi connectivity index (χ1v) is 3.39. The SMILES string of the molecule is Nc1ccc2c(c1)C=CC2=O. The number of anilines is 1. The summed E-state index contributed by atoms with van der Waals surface area (Å²) in [5, 5.41) is 0. The van der Waals surface area contributed by atoms with Gasteiger partial charge in [0.1, 0.15) is 0 Å². The van der Waals surface area contributed by atoms with Crippen LogP contribution in [0.15, 0.2) is 24.3 Å². The van der Waals surface area contributed by atoms with E-state index in [0.29, 0.717) is 5.69 Å². The highest BCUT2D eigenvalue weighted by atomic mass is 16.1. The van der Waals surface area contributed by atoms with Gasteiger partial charge in [-0.1, -0.05) is 6.08 Å². The zero-order valence-electron chi connectivity index (χ0n) is 5.87. The Labute approximate surface area is 64.3 Å². The summed E-state index contributed by atoms with van der Waals surface area (Å²) in [5.74, 6) is 0.0694. The molecule has 0 fully saturated rings. The Morgan fingerprint density at radius 3 is 2.82 bits per heavy atom. The zero-order chi connectivity index (χ0) is 7.84. The summed E-state index contributed by atoms with van der Waals surface area (Å²) in [4.78, 5) is 11.0. The van der Waals surface area contributed by atoms with Crippen LogP contribution in [0.5, 0.6) is 0 Å². The van der Waals surface area contributed by atoms with Crippen molar-refractivity contribution in [3.8, 4) is 0 Å². The molecule has 0 unspecified atom stereocenters. The Kier molecular flexibility index (Phi) is 1.09. The third-order valence-corrected chi connectivity index (χ3v) is 1.76. The molecule has 1 aliphatic carbocycles. The molecule has 0 heterocycles. The van der Waals surface area contributed by atoms with Crippen LogP contribution in [0.1, 0.15) is 15.9 Å². The Bertz CT molecular complexity index is 353. The number of allylic oxidation sites excluding steroid dienone is 1. The lowest BCUT2D eigenvalue weighted by molar-refractivity contribution is 0.105. The van der Waals surface area contributed by atoms with Crippen molar-refractivity contribution in [2.45, 2.75) is 0 Å². The molecule has 2 heteroatoms. The van der Waals surface area contributed by atoms with Crippen LogP contribution < -0.4 is 5.73 Å². The Balaban J connectivity index is 2.66. The lowest BCUT2D eigenvalue weighted by Crippen LogP contribution is -1.92. The topological polar surface area (TPSA) is 43.1 Å². The zero-order valence-corrected chi connectivity index (χ0v) is 5.87. The quantitative estimate of drug-likeness (QED) is 0.562. The number of carbonyl (C=O) groups is 1. The number of hydrogen-bond donors (Lipinski definition) is 1. The molecule has 0 saturated carbocycles. The molecular weight excluding hydrogens is 138 g/mol. The van der Waals surface area contributed by atoms with Crippen molar-refractivity contribution in [3.05, 3.63) is 35.4 Å². The lowest BCUT2D eigenvalue weighted by Gasteiger charge is -1.97. The monoisotopic (exact) mass is 145 g/mol. The fraction of sp³-hybridized carbons (Fsp3) is 0. The number of nitrogens with two attached hydrogens (primary N) is 1. The number of rotatable bonds is 0. The van der Waals surface area contributed by atoms with E-state index in [9.17, 15) is 4.79 Å². The van der Waals surface area contributed by atoms with Crippen molar-refractivity contribution in [1.82, 2.24) is 0 Å². The fourth-order valence-electron chi connectivity index (χ4n) is 1.20. The first-order valence-electron chi connectivity index (χ1n) is 3.39. The highest BCUT2D eigenvalue weighted by molar-refractivity contribution is 6.13. The normalized spacial score (nSPS) is 13.6. The minimum Gasteiger partial charge on any atom is -0.399 e. The highest BCUT2D eigenvalue weighted by Crippen LogP contribution is 2.21. The second kappa shape index (κ2) is 1.95. The van der Waals surface area contributed by atoms with Crippen LogP contribution in [0, 0.1) is 0 Å². The number of hydrogen-bond acceptors (Lipinski definition) is 2. The number of nitrogen functional groups attached to an aromatic ring is 1. The Morgan fingerprint density at radius 1 is 1.18 bits per heavy atom. The molecule has 0 radical (unpaired) electrons. The fourth-order valence-corrected chi connectivity index (χ4v) is 1.20. The molecule has 2 rings (SSSR count). The van der Waals surface area contributed by atoms with Gasteiger partial charge >= 0.3 is 0 Å². The molecule has 2 nitrogen and oxygen atoms in total. The first-order chi connectivity index (χ1) is 5.27. The lowest BCUT2D eigenvalue weighted by atomic mass is 10.1. The molecule has 1 aliphatic rings. The van der Waals surface area contributed by atoms with E-state index in [1.807, 2.05) is 0 Å². The molecule has 0 spiro atoms. The minimum absolute atomic E-state index is 0.0694. The van der Waals surface area contributed by atoms with Crippen molar-refractivity contribution in [1.29, 1.82) is 0 Å². The average Bonchev–Trinajstić information content (AvgIpc) is 2.32. The average molecular weight is 145 g/mol. The van der Waals surface area contributed by atoms with Crippen LogP contribution in [0.3, 0.4) is 0 Å². The van der Waals surface area contributed by atoms with Crippen LogP contribution in [0.4, 0.5) is 5.69 Å². The third-order valence-electron chi connectivity index (χ3n) is 1.76. The summed E-state index contributed by atoms with van der Waals surface area (Å²) in [6, 6.07) is 5.30. The summed E-state index contributed by atoms with van der Waals surface area (Å²) in [5.41, 5.74) is 7.90. The summed E-state index contributed by atoms with van der Waals surface area (Å²) in [6.07, 6.45) is 3.35. The van der Waals surface area contributed by atoms with Crippen LogP contribution in [0.2, 0.25) is 0 Å². The molecule has 1 aromatic carbocycles. The summed E-state index contributed by atoms with van der Waals surface area (Å²) in [7, 11) is 0. The molecule has 0 atom stereocenters. The first kappa shape index (κ1) is 6.16. The summed E-state index contributed by atoms with van der Waals surface area (Å²) < 4.78 is 0. The number of carbonyl (C=O) groups excluding carboxylic acids is 1. The van der Waals surface area contributed by atoms with Gasteiger partial charge < -0.3 is 5.73 Å². The van der Waals surface area contributed by atoms with E-state index < -0.39 is 0 Å². The molecule has 2 N–H and O–H groups in total. The Hall–Kier alpha value is -1.57. The molecule has 0 amide bonds. The van der Waals surface area contributed by atoms with Gasteiger partial charge in [0, 0.05) is 11.3 Å². The molecule has 54 valence electrons. The minimum atomic E-state index is 0.0694. The maximum Gasteiger partial charge on any atom is 0.186 e. The maximum absolute atomic E-state index is 11.0. The van der Waals surface area contributed by atoms with Gasteiger partial charge in [-0.25, -0.2) is 0 Å². The van der Waals surface area contributed by atoms with Gasteiger partial charge in [0.05, 0.1) is 0 Å². The molecular formula is C9H7NO. The third kappa shape index (κ3) is 0.835. The second-order valence-corrected chi connectivity index (χ2v) is 2.54. The summed E-state index contributed by atoms with van der Waals surface area (Å²) in [6.45, 7) is 0. The van der Waals surface area contributed by atoms with Gasteiger partial charge in [0.25, 0.3) is 0 Å². The van der Waals surface area contributed by atoms with E-state index >= 15 is 0 Å². The van der Waals surface area contributed by atoms with E-state index in [2.05, 4.69) is 0 Å². The second-order valence-electron chi connectivity index (χ2n) is 2.54. The van der Waals surface area contributed by atoms with Gasteiger partial charge in [-0.3, -0.25) is 4.79 Å². The van der Waals surface area contributed by atoms with Crippen LogP contribution in [-0.2, 0) is 0 Å². The smallest absolute Gasteiger partial charge is 0.186 e. The Morgan fingerprint density at radius 2 is 2.00 bits per heavy atom. The van der Waals surface area contributed by atoms with Crippen molar-refractivity contribution < 1.29 is 4.79 Å². The van der Waals surface area contributed by atoms with Gasteiger partial charge in [-0.2, -0.15) is 0 Å². The predicted octanol–water partition coefficient (Wildman–Crippen LogP) is 1.48. The molecule has 0 aromatic heterocycles. The number of fused-ring (bicyclic) bond motifs is 1. The standard InChI is InChI=1S/C9H7NO/c10-7-2-3-8-6(5-7)1-4-9(8)11/h1-5H,10H2. The van der Waals surface area contributed by atoms with E-state index in [0.717, 1.165) is 11.1 Å². The van der Waals surface area contributed by atoms with Crippen LogP contribution >= 0.6 is 0 Å². The molecule has 11 heavy (non-hydrogen) atoms. The largest absolute Gasteiger partial charge is 0.399 e. The van der Waals surface area contributed by atoms with Crippen molar-refractivity contribution >= 4 is 17.5 Å². The van der Waals surface area contributed by atoms with Gasteiger partial charge in [-0.15, -0.1) is 0 Å². The molecule has 1 aromatic rings. The highest BCUT2D eigenvalue weighted by Gasteiger charge is 2.12. The van der Waals surface area contributed by atoms with Gasteiger partial charge in [0.2, 0.25) is 0 Å². The van der Waals surface area contributed by atoms with E-state index in [4.69, 9.17) is 5.73 Å². The number of benzene rings is 1. The van der Waals surface area contributed by atoms with E-state index in [-0.39, 0.29) is 5.78 Å². The van der Waals surface area contributed by atoms with Crippen molar-refractivity contribution in [2.24, 2.45) is 0 Å². The van der Waals surface area contributed by atoms with E-state index in [1.54, 1.807) is 30.4 Å². The number of ketones is 1. The molecule has 0 bridgehead atoms. The predicted molar refractivity (Wildman–Crippen MR) is 44.2 cm³/mol. The summed E-state index contributed by atoms with van der Waals surface area (Å²) >= 11 is 0. The maximum atomic E-state index is 11.0. The van der Waals surface area contributed by atoms with Gasteiger partial charge in [0.15, 0.2) is 5.78 Å². The van der Waals surface area contributed by atoms with Crippen LogP contribution in [0.25, 0.3) is 6.08 Å².